The summed E-state index contributed by atoms with van der Waals surface area (Å²) in [4.78, 5) is 0. The molecular weight excluding hydrogens is 184 g/mol. The van der Waals surface area contributed by atoms with E-state index >= 15 is 0 Å². The van der Waals surface area contributed by atoms with E-state index in [1.54, 1.807) is 0 Å². The Hall–Kier alpha value is -0.860. The first-order chi connectivity index (χ1) is 7.15. The van der Waals surface area contributed by atoms with Crippen molar-refractivity contribution in [3.63, 3.8) is 0 Å². The Morgan fingerprint density at radius 1 is 1.00 bits per heavy atom. The van der Waals surface area contributed by atoms with Gasteiger partial charge in [-0.3, -0.25) is 0 Å². The zero-order chi connectivity index (χ0) is 11.3. The molecule has 84 valence electrons. The highest BCUT2D eigenvalue weighted by Gasteiger charge is 2.01. The van der Waals surface area contributed by atoms with Gasteiger partial charge in [-0.05, 0) is 56.0 Å². The fraction of sp³-hybridized carbons (Fsp3) is 0.538. The highest BCUT2D eigenvalue weighted by Crippen LogP contribution is 2.15. The first kappa shape index (κ1) is 12.2. The van der Waals surface area contributed by atoms with Crippen LogP contribution in [0.15, 0.2) is 12.1 Å². The summed E-state index contributed by atoms with van der Waals surface area (Å²) in [7, 11) is 0. The molecule has 0 radical (unpaired) electrons. The smallest absolute Gasteiger partial charge is 0.00746 e. The van der Waals surface area contributed by atoms with Crippen molar-refractivity contribution >= 4 is 0 Å². The Morgan fingerprint density at radius 3 is 2.33 bits per heavy atom. The molecule has 0 atom stereocenters. The monoisotopic (exact) mass is 206 g/mol. The first-order valence-electron chi connectivity index (χ1n) is 5.62. The Morgan fingerprint density at radius 2 is 1.67 bits per heavy atom. The van der Waals surface area contributed by atoms with Gasteiger partial charge in [-0.15, -0.1) is 0 Å². The summed E-state index contributed by atoms with van der Waals surface area (Å²) in [6, 6.07) is 4.57. The van der Waals surface area contributed by atoms with Gasteiger partial charge in [-0.2, -0.15) is 0 Å². The van der Waals surface area contributed by atoms with Crippen LogP contribution in [0.3, 0.4) is 0 Å². The van der Waals surface area contributed by atoms with Gasteiger partial charge in [0, 0.05) is 13.1 Å². The molecule has 0 fully saturated rings. The number of nitrogens with one attached hydrogen (secondary N) is 1. The van der Waals surface area contributed by atoms with Crippen molar-refractivity contribution in [2.45, 2.75) is 27.2 Å². The largest absolute Gasteiger partial charge is 0.329 e. The first-order valence-corrected chi connectivity index (χ1v) is 5.62. The van der Waals surface area contributed by atoms with Gasteiger partial charge in [0.05, 0.1) is 0 Å². The number of nitrogens with two attached hydrogens (primary N) is 1. The van der Waals surface area contributed by atoms with Crippen molar-refractivity contribution in [1.29, 1.82) is 0 Å². The van der Waals surface area contributed by atoms with Crippen LogP contribution in [0, 0.1) is 20.8 Å². The van der Waals surface area contributed by atoms with Crippen molar-refractivity contribution in [3.8, 4) is 0 Å². The summed E-state index contributed by atoms with van der Waals surface area (Å²) in [5.41, 5.74) is 11.0. The average Bonchev–Trinajstić information content (AvgIpc) is 2.20. The summed E-state index contributed by atoms with van der Waals surface area (Å²) < 4.78 is 0. The molecule has 0 saturated heterocycles. The molecule has 0 aliphatic carbocycles. The van der Waals surface area contributed by atoms with E-state index in [9.17, 15) is 0 Å². The average molecular weight is 206 g/mol. The lowest BCUT2D eigenvalue weighted by atomic mass is 9.99. The van der Waals surface area contributed by atoms with E-state index in [1.165, 1.54) is 22.3 Å². The van der Waals surface area contributed by atoms with Crippen LogP contribution in [0.5, 0.6) is 0 Å². The quantitative estimate of drug-likeness (QED) is 0.720. The second kappa shape index (κ2) is 5.89. The molecule has 2 nitrogen and oxygen atoms in total. The minimum absolute atomic E-state index is 0.714. The minimum atomic E-state index is 0.714. The molecule has 15 heavy (non-hydrogen) atoms. The van der Waals surface area contributed by atoms with Crippen molar-refractivity contribution in [1.82, 2.24) is 5.32 Å². The Kier molecular flexibility index (Phi) is 4.79. The van der Waals surface area contributed by atoms with Gasteiger partial charge in [0.15, 0.2) is 0 Å². The van der Waals surface area contributed by atoms with Crippen LogP contribution in [0.25, 0.3) is 0 Å². The molecule has 3 N–H and O–H groups in total. The van der Waals surface area contributed by atoms with Crippen LogP contribution in [0.4, 0.5) is 0 Å². The van der Waals surface area contributed by atoms with E-state index in [0.29, 0.717) is 6.54 Å². The van der Waals surface area contributed by atoms with Crippen molar-refractivity contribution in [2.75, 3.05) is 19.6 Å². The maximum Gasteiger partial charge on any atom is 0.00746 e. The number of hydrogen-bond acceptors (Lipinski definition) is 2. The van der Waals surface area contributed by atoms with Gasteiger partial charge in [-0.1, -0.05) is 12.1 Å². The Balaban J connectivity index is 2.57. The fourth-order valence-electron chi connectivity index (χ4n) is 1.74. The molecule has 0 aliphatic heterocycles. The standard InChI is InChI=1S/C13H22N2/c1-10-8-12(3)13(9-11(10)2)4-6-15-7-5-14/h8-9,15H,4-7,14H2,1-3H3. The maximum absolute atomic E-state index is 5.42. The molecule has 1 rings (SSSR count). The topological polar surface area (TPSA) is 38.0 Å². The van der Waals surface area contributed by atoms with E-state index in [-0.39, 0.29) is 0 Å². The van der Waals surface area contributed by atoms with Gasteiger partial charge in [0.1, 0.15) is 0 Å². The van der Waals surface area contributed by atoms with E-state index in [1.807, 2.05) is 0 Å². The molecule has 2 heteroatoms. The van der Waals surface area contributed by atoms with Crippen LogP contribution in [0.2, 0.25) is 0 Å². The maximum atomic E-state index is 5.42. The Labute approximate surface area is 92.9 Å². The second-order valence-electron chi connectivity index (χ2n) is 4.15. The third kappa shape index (κ3) is 3.65. The molecule has 0 saturated carbocycles. The van der Waals surface area contributed by atoms with Gasteiger partial charge >= 0.3 is 0 Å². The summed E-state index contributed by atoms with van der Waals surface area (Å²) in [5.74, 6) is 0. The normalized spacial score (nSPS) is 10.7. The van der Waals surface area contributed by atoms with Crippen LogP contribution < -0.4 is 11.1 Å². The third-order valence-electron chi connectivity index (χ3n) is 2.84. The molecule has 0 unspecified atom stereocenters. The van der Waals surface area contributed by atoms with Crippen LogP contribution in [-0.4, -0.2) is 19.6 Å². The molecule has 0 spiro atoms. The number of hydrogen-bond donors (Lipinski definition) is 2. The zero-order valence-electron chi connectivity index (χ0n) is 10.1. The van der Waals surface area contributed by atoms with E-state index in [4.69, 9.17) is 5.73 Å². The second-order valence-corrected chi connectivity index (χ2v) is 4.15. The van der Waals surface area contributed by atoms with Crippen molar-refractivity contribution in [2.24, 2.45) is 5.73 Å². The zero-order valence-corrected chi connectivity index (χ0v) is 10.1. The molecular formula is C13H22N2. The Bertz CT molecular complexity index is 319. The fourth-order valence-corrected chi connectivity index (χ4v) is 1.74. The molecule has 0 amide bonds. The minimum Gasteiger partial charge on any atom is -0.329 e. The molecule has 0 aromatic heterocycles. The predicted molar refractivity (Wildman–Crippen MR) is 66.3 cm³/mol. The van der Waals surface area contributed by atoms with Crippen LogP contribution >= 0.6 is 0 Å². The highest BCUT2D eigenvalue weighted by atomic mass is 14.9. The van der Waals surface area contributed by atoms with Crippen LogP contribution in [-0.2, 0) is 6.42 Å². The van der Waals surface area contributed by atoms with Crippen molar-refractivity contribution < 1.29 is 0 Å². The van der Waals surface area contributed by atoms with E-state index < -0.39 is 0 Å². The number of benzene rings is 1. The molecule has 1 aromatic carbocycles. The summed E-state index contributed by atoms with van der Waals surface area (Å²) in [6.07, 6.45) is 1.09. The molecule has 0 bridgehead atoms. The van der Waals surface area contributed by atoms with E-state index in [0.717, 1.165) is 19.5 Å². The summed E-state index contributed by atoms with van der Waals surface area (Å²) in [6.45, 7) is 9.16. The van der Waals surface area contributed by atoms with Gasteiger partial charge in [0.2, 0.25) is 0 Å². The third-order valence-corrected chi connectivity index (χ3v) is 2.84. The predicted octanol–water partition coefficient (Wildman–Crippen LogP) is 1.70. The van der Waals surface area contributed by atoms with Gasteiger partial charge < -0.3 is 11.1 Å². The summed E-state index contributed by atoms with van der Waals surface area (Å²) in [5, 5.41) is 3.32. The van der Waals surface area contributed by atoms with Gasteiger partial charge in [0.25, 0.3) is 0 Å². The number of aryl methyl sites for hydroxylation is 3. The summed E-state index contributed by atoms with van der Waals surface area (Å²) >= 11 is 0. The number of rotatable bonds is 5. The SMILES string of the molecule is Cc1cc(C)c(CCNCCN)cc1C. The highest BCUT2D eigenvalue weighted by molar-refractivity contribution is 5.36. The van der Waals surface area contributed by atoms with E-state index in [2.05, 4.69) is 38.2 Å². The molecule has 0 heterocycles. The lowest BCUT2D eigenvalue weighted by Gasteiger charge is -2.10. The lowest BCUT2D eigenvalue weighted by Crippen LogP contribution is -2.24. The van der Waals surface area contributed by atoms with Crippen molar-refractivity contribution in [3.05, 3.63) is 34.4 Å². The molecule has 0 aliphatic rings. The lowest BCUT2D eigenvalue weighted by molar-refractivity contribution is 0.687. The molecule has 1 aromatic rings. The van der Waals surface area contributed by atoms with Crippen LogP contribution in [0.1, 0.15) is 22.3 Å². The van der Waals surface area contributed by atoms with Gasteiger partial charge in [-0.25, -0.2) is 0 Å².